The summed E-state index contributed by atoms with van der Waals surface area (Å²) in [6, 6.07) is 6.19. The SMILES string of the molecule is CCNC(c1cccc(Cl)c1Cl)C1SCCSC1C. The van der Waals surface area contributed by atoms with Crippen LogP contribution in [0.4, 0.5) is 0 Å². The van der Waals surface area contributed by atoms with Crippen molar-refractivity contribution >= 4 is 46.7 Å². The summed E-state index contributed by atoms with van der Waals surface area (Å²) in [5.41, 5.74) is 1.13. The van der Waals surface area contributed by atoms with Crippen molar-refractivity contribution in [2.24, 2.45) is 0 Å². The zero-order valence-electron chi connectivity index (χ0n) is 11.2. The first-order valence-corrected chi connectivity index (χ1v) is 9.41. The van der Waals surface area contributed by atoms with Crippen LogP contribution in [0.15, 0.2) is 18.2 Å². The Morgan fingerprint density at radius 2 is 2.05 bits per heavy atom. The van der Waals surface area contributed by atoms with Crippen molar-refractivity contribution in [1.82, 2.24) is 5.32 Å². The van der Waals surface area contributed by atoms with E-state index in [4.69, 9.17) is 23.2 Å². The Labute approximate surface area is 134 Å². The third-order valence-electron chi connectivity index (χ3n) is 3.31. The largest absolute Gasteiger partial charge is 0.309 e. The number of benzene rings is 1. The van der Waals surface area contributed by atoms with Crippen molar-refractivity contribution in [3.8, 4) is 0 Å². The number of halogens is 2. The zero-order chi connectivity index (χ0) is 13.8. The molecule has 0 spiro atoms. The van der Waals surface area contributed by atoms with Crippen molar-refractivity contribution in [2.75, 3.05) is 18.1 Å². The lowest BCUT2D eigenvalue weighted by molar-refractivity contribution is 0.526. The molecule has 0 bridgehead atoms. The van der Waals surface area contributed by atoms with Crippen LogP contribution < -0.4 is 5.32 Å². The van der Waals surface area contributed by atoms with Crippen LogP contribution in [0, 0.1) is 0 Å². The van der Waals surface area contributed by atoms with Crippen LogP contribution >= 0.6 is 46.7 Å². The van der Waals surface area contributed by atoms with Crippen molar-refractivity contribution in [3.63, 3.8) is 0 Å². The number of hydrogen-bond acceptors (Lipinski definition) is 3. The van der Waals surface area contributed by atoms with Gasteiger partial charge in [0.15, 0.2) is 0 Å². The highest BCUT2D eigenvalue weighted by atomic mass is 35.5. The minimum atomic E-state index is 0.268. The van der Waals surface area contributed by atoms with Gasteiger partial charge in [0, 0.05) is 28.0 Å². The predicted molar refractivity (Wildman–Crippen MR) is 91.0 cm³/mol. The molecule has 1 nitrogen and oxygen atoms in total. The second kappa shape index (κ2) is 7.46. The van der Waals surface area contributed by atoms with E-state index in [1.54, 1.807) is 0 Å². The molecule has 0 amide bonds. The monoisotopic (exact) mass is 335 g/mol. The summed E-state index contributed by atoms with van der Waals surface area (Å²) < 4.78 is 0. The molecule has 1 fully saturated rings. The number of rotatable bonds is 4. The Hall–Kier alpha value is 0.460. The first kappa shape index (κ1) is 15.8. The van der Waals surface area contributed by atoms with Crippen LogP contribution in [0.25, 0.3) is 0 Å². The fraction of sp³-hybridized carbons (Fsp3) is 0.571. The summed E-state index contributed by atoms with van der Waals surface area (Å²) in [6.45, 7) is 5.38. The van der Waals surface area contributed by atoms with Crippen LogP contribution in [0.1, 0.15) is 25.5 Å². The molecule has 2 rings (SSSR count). The molecule has 106 valence electrons. The summed E-state index contributed by atoms with van der Waals surface area (Å²) >= 11 is 16.7. The third kappa shape index (κ3) is 3.76. The Bertz CT molecular complexity index is 428. The molecule has 0 aromatic heterocycles. The average Bonchev–Trinajstić information content (AvgIpc) is 2.41. The molecule has 1 aromatic rings. The van der Waals surface area contributed by atoms with Gasteiger partial charge in [0.1, 0.15) is 0 Å². The molecule has 0 radical (unpaired) electrons. The molecule has 19 heavy (non-hydrogen) atoms. The molecule has 0 aliphatic carbocycles. The fourth-order valence-electron chi connectivity index (χ4n) is 2.40. The van der Waals surface area contributed by atoms with Crippen LogP contribution in [0.2, 0.25) is 10.0 Å². The van der Waals surface area contributed by atoms with Crippen LogP contribution in [0.3, 0.4) is 0 Å². The first-order chi connectivity index (χ1) is 9.15. The van der Waals surface area contributed by atoms with E-state index in [0.717, 1.165) is 12.1 Å². The predicted octanol–water partition coefficient (Wildman–Crippen LogP) is 4.88. The standard InChI is InChI=1S/C14H19Cl2NS2/c1-3-17-13(14-9(2)18-7-8-19-14)10-5-4-6-11(15)12(10)16/h4-6,9,13-14,17H,3,7-8H2,1-2H3. The Balaban J connectivity index is 2.30. The van der Waals surface area contributed by atoms with Gasteiger partial charge < -0.3 is 5.32 Å². The van der Waals surface area contributed by atoms with Gasteiger partial charge in [0.05, 0.1) is 10.0 Å². The van der Waals surface area contributed by atoms with E-state index in [2.05, 4.69) is 25.2 Å². The maximum atomic E-state index is 6.40. The lowest BCUT2D eigenvalue weighted by atomic mass is 10.0. The van der Waals surface area contributed by atoms with Gasteiger partial charge in [-0.1, -0.05) is 49.2 Å². The van der Waals surface area contributed by atoms with E-state index in [1.165, 1.54) is 11.5 Å². The Morgan fingerprint density at radius 3 is 2.74 bits per heavy atom. The van der Waals surface area contributed by atoms with E-state index in [0.29, 0.717) is 20.5 Å². The Kier molecular flexibility index (Phi) is 6.22. The summed E-state index contributed by atoms with van der Waals surface area (Å²) in [4.78, 5) is 0. The maximum Gasteiger partial charge on any atom is 0.0640 e. The van der Waals surface area contributed by atoms with Crippen molar-refractivity contribution < 1.29 is 0 Å². The molecular weight excluding hydrogens is 317 g/mol. The molecule has 1 aliphatic heterocycles. The van der Waals surface area contributed by atoms with E-state index in [1.807, 2.05) is 35.7 Å². The molecule has 1 heterocycles. The van der Waals surface area contributed by atoms with Gasteiger partial charge in [-0.2, -0.15) is 23.5 Å². The summed E-state index contributed by atoms with van der Waals surface area (Å²) in [6.07, 6.45) is 0. The highest BCUT2D eigenvalue weighted by Gasteiger charge is 2.32. The third-order valence-corrected chi connectivity index (χ3v) is 7.33. The second-order valence-electron chi connectivity index (χ2n) is 4.59. The number of thioether (sulfide) groups is 2. The number of nitrogens with one attached hydrogen (secondary N) is 1. The lowest BCUT2D eigenvalue weighted by Crippen LogP contribution is -2.37. The summed E-state index contributed by atoms with van der Waals surface area (Å²) in [5, 5.41) is 6.08. The van der Waals surface area contributed by atoms with Gasteiger partial charge in [0.2, 0.25) is 0 Å². The lowest BCUT2D eigenvalue weighted by Gasteiger charge is -2.35. The van der Waals surface area contributed by atoms with Gasteiger partial charge in [-0.25, -0.2) is 0 Å². The molecule has 1 aromatic carbocycles. The molecule has 3 atom stereocenters. The molecular formula is C14H19Cl2NS2. The molecule has 3 unspecified atom stereocenters. The quantitative estimate of drug-likeness (QED) is 0.841. The van der Waals surface area contributed by atoms with Gasteiger partial charge in [-0.05, 0) is 18.2 Å². The zero-order valence-corrected chi connectivity index (χ0v) is 14.3. The normalized spacial score (nSPS) is 25.3. The smallest absolute Gasteiger partial charge is 0.0640 e. The van der Waals surface area contributed by atoms with Crippen LogP contribution in [-0.4, -0.2) is 28.6 Å². The van der Waals surface area contributed by atoms with Gasteiger partial charge in [-0.3, -0.25) is 0 Å². The van der Waals surface area contributed by atoms with Crippen molar-refractivity contribution in [1.29, 1.82) is 0 Å². The first-order valence-electron chi connectivity index (χ1n) is 6.55. The minimum Gasteiger partial charge on any atom is -0.309 e. The summed E-state index contributed by atoms with van der Waals surface area (Å²) in [7, 11) is 0. The van der Waals surface area contributed by atoms with Crippen LogP contribution in [0.5, 0.6) is 0 Å². The molecule has 0 saturated carbocycles. The van der Waals surface area contributed by atoms with E-state index in [9.17, 15) is 0 Å². The van der Waals surface area contributed by atoms with Crippen molar-refractivity contribution in [2.45, 2.75) is 30.4 Å². The van der Waals surface area contributed by atoms with Gasteiger partial charge in [-0.15, -0.1) is 0 Å². The van der Waals surface area contributed by atoms with Crippen LogP contribution in [-0.2, 0) is 0 Å². The topological polar surface area (TPSA) is 12.0 Å². The van der Waals surface area contributed by atoms with E-state index in [-0.39, 0.29) is 6.04 Å². The molecule has 1 saturated heterocycles. The van der Waals surface area contributed by atoms with Crippen molar-refractivity contribution in [3.05, 3.63) is 33.8 Å². The summed E-state index contributed by atoms with van der Waals surface area (Å²) in [5.74, 6) is 2.45. The second-order valence-corrected chi connectivity index (χ2v) is 8.15. The highest BCUT2D eigenvalue weighted by Crippen LogP contribution is 2.41. The molecule has 5 heteroatoms. The minimum absolute atomic E-state index is 0.268. The highest BCUT2D eigenvalue weighted by molar-refractivity contribution is 8.07. The van der Waals surface area contributed by atoms with Gasteiger partial charge >= 0.3 is 0 Å². The maximum absolute atomic E-state index is 6.40. The fourth-order valence-corrected chi connectivity index (χ4v) is 5.76. The number of hydrogen-bond donors (Lipinski definition) is 1. The van der Waals surface area contributed by atoms with Gasteiger partial charge in [0.25, 0.3) is 0 Å². The molecule has 1 N–H and O–H groups in total. The van der Waals surface area contributed by atoms with E-state index >= 15 is 0 Å². The Morgan fingerprint density at radius 1 is 1.32 bits per heavy atom. The van der Waals surface area contributed by atoms with E-state index < -0.39 is 0 Å². The average molecular weight is 336 g/mol. The molecule has 1 aliphatic rings.